The molecule has 11 aromatic rings. The van der Waals surface area contributed by atoms with E-state index in [4.69, 9.17) is 0 Å². The number of aromatic nitrogens is 2. The molecule has 0 unspecified atom stereocenters. The van der Waals surface area contributed by atoms with Crippen LogP contribution in [-0.4, -0.2) is 9.13 Å². The van der Waals surface area contributed by atoms with Gasteiger partial charge in [0.1, 0.15) is 0 Å². The van der Waals surface area contributed by atoms with Gasteiger partial charge in [-0.3, -0.25) is 0 Å². The summed E-state index contributed by atoms with van der Waals surface area (Å²) in [6.45, 7) is 0. The van der Waals surface area contributed by atoms with Gasteiger partial charge in [0, 0.05) is 27.5 Å². The molecule has 0 atom stereocenters. The molecule has 9 aromatic carbocycles. The van der Waals surface area contributed by atoms with E-state index in [1.807, 2.05) is 0 Å². The van der Waals surface area contributed by atoms with Crippen LogP contribution in [0.2, 0.25) is 0 Å². The molecule has 2 heterocycles. The zero-order chi connectivity index (χ0) is 34.2. The standard InChI is InChI=1S/C50H32N2/c1-4-14-33(15-5-1)35-24-26-40-41-27-25-37(31-45(41)39-21-11-10-20-38(39)44(40)30-35)52-47-23-13-12-22-42(47)43-28-29-48-46(50(43)52)32-49(34-16-6-2-7-17-34)51(48)36-18-8-3-9-19-36/h1-32H. The molecule has 2 nitrogen and oxygen atoms in total. The maximum atomic E-state index is 2.49. The van der Waals surface area contributed by atoms with Crippen molar-refractivity contribution in [2.45, 2.75) is 0 Å². The number of fused-ring (bicyclic) bond motifs is 11. The Morgan fingerprint density at radius 2 is 0.788 bits per heavy atom. The van der Waals surface area contributed by atoms with Crippen LogP contribution in [0.4, 0.5) is 0 Å². The Bertz CT molecular complexity index is 3130. The summed E-state index contributed by atoms with van der Waals surface area (Å²) in [4.78, 5) is 0. The third-order valence-electron chi connectivity index (χ3n) is 10.9. The predicted molar refractivity (Wildman–Crippen MR) is 221 cm³/mol. The molecule has 0 saturated heterocycles. The Kier molecular flexibility index (Phi) is 6.28. The van der Waals surface area contributed by atoms with Crippen LogP contribution in [0.15, 0.2) is 194 Å². The molecule has 0 fully saturated rings. The van der Waals surface area contributed by atoms with Crippen molar-refractivity contribution in [1.29, 1.82) is 0 Å². The van der Waals surface area contributed by atoms with E-state index in [1.165, 1.54) is 87.4 Å². The molecule has 0 amide bonds. The molecule has 0 aliphatic rings. The van der Waals surface area contributed by atoms with E-state index in [9.17, 15) is 0 Å². The first kappa shape index (κ1) is 28.9. The van der Waals surface area contributed by atoms with Crippen LogP contribution >= 0.6 is 0 Å². The third kappa shape index (κ3) is 4.25. The van der Waals surface area contributed by atoms with Crippen LogP contribution in [0.25, 0.3) is 98.8 Å². The summed E-state index contributed by atoms with van der Waals surface area (Å²) in [7, 11) is 0. The molecular formula is C50H32N2. The van der Waals surface area contributed by atoms with E-state index < -0.39 is 0 Å². The highest BCUT2D eigenvalue weighted by atomic mass is 15.0. The van der Waals surface area contributed by atoms with Gasteiger partial charge in [-0.2, -0.15) is 0 Å². The molecule has 0 radical (unpaired) electrons. The van der Waals surface area contributed by atoms with E-state index >= 15 is 0 Å². The topological polar surface area (TPSA) is 9.86 Å². The molecule has 0 aliphatic carbocycles. The maximum Gasteiger partial charge on any atom is 0.0635 e. The minimum atomic E-state index is 1.15. The zero-order valence-corrected chi connectivity index (χ0v) is 28.4. The summed E-state index contributed by atoms with van der Waals surface area (Å²) < 4.78 is 4.91. The van der Waals surface area contributed by atoms with Gasteiger partial charge in [-0.15, -0.1) is 0 Å². The molecule has 242 valence electrons. The molecule has 0 N–H and O–H groups in total. The molecule has 0 bridgehead atoms. The molecule has 2 heteroatoms. The number of rotatable bonds is 4. The Hall–Kier alpha value is -6.90. The second-order valence-electron chi connectivity index (χ2n) is 13.7. The summed E-state index contributed by atoms with van der Waals surface area (Å²) in [5, 5.41) is 11.4. The number of hydrogen-bond donors (Lipinski definition) is 0. The Labute approximate surface area is 301 Å². The minimum absolute atomic E-state index is 1.15. The minimum Gasteiger partial charge on any atom is -0.309 e. The highest BCUT2D eigenvalue weighted by molar-refractivity contribution is 6.26. The van der Waals surface area contributed by atoms with Gasteiger partial charge in [-0.25, -0.2) is 0 Å². The Morgan fingerprint density at radius 1 is 0.250 bits per heavy atom. The number of hydrogen-bond acceptors (Lipinski definition) is 0. The fourth-order valence-electron chi connectivity index (χ4n) is 8.58. The Morgan fingerprint density at radius 3 is 1.52 bits per heavy atom. The molecule has 52 heavy (non-hydrogen) atoms. The first-order chi connectivity index (χ1) is 25.8. The van der Waals surface area contributed by atoms with E-state index in [1.54, 1.807) is 0 Å². The fraction of sp³-hybridized carbons (Fsp3) is 0. The third-order valence-corrected chi connectivity index (χ3v) is 10.9. The monoisotopic (exact) mass is 660 g/mol. The van der Waals surface area contributed by atoms with Crippen LogP contribution < -0.4 is 0 Å². The fourth-order valence-corrected chi connectivity index (χ4v) is 8.58. The first-order valence-electron chi connectivity index (χ1n) is 17.9. The molecular weight excluding hydrogens is 629 g/mol. The van der Waals surface area contributed by atoms with Gasteiger partial charge in [-0.05, 0) is 97.5 Å². The summed E-state index contributed by atoms with van der Waals surface area (Å²) in [5.74, 6) is 0. The lowest BCUT2D eigenvalue weighted by Gasteiger charge is -2.15. The van der Waals surface area contributed by atoms with Crippen molar-refractivity contribution in [3.8, 4) is 33.8 Å². The zero-order valence-electron chi connectivity index (χ0n) is 28.4. The van der Waals surface area contributed by atoms with Crippen LogP contribution in [0, 0.1) is 0 Å². The molecule has 0 spiro atoms. The van der Waals surface area contributed by atoms with Crippen molar-refractivity contribution in [3.63, 3.8) is 0 Å². The van der Waals surface area contributed by atoms with Gasteiger partial charge in [0.05, 0.1) is 22.2 Å². The second-order valence-corrected chi connectivity index (χ2v) is 13.7. The van der Waals surface area contributed by atoms with E-state index in [-0.39, 0.29) is 0 Å². The molecule has 2 aromatic heterocycles. The quantitative estimate of drug-likeness (QED) is 0.166. The van der Waals surface area contributed by atoms with Crippen molar-refractivity contribution in [2.24, 2.45) is 0 Å². The van der Waals surface area contributed by atoms with Crippen molar-refractivity contribution in [3.05, 3.63) is 194 Å². The number of nitrogens with zero attached hydrogens (tertiary/aromatic N) is 2. The lowest BCUT2D eigenvalue weighted by molar-refractivity contribution is 1.13. The summed E-state index contributed by atoms with van der Waals surface area (Å²) in [6.07, 6.45) is 0. The smallest absolute Gasteiger partial charge is 0.0635 e. The van der Waals surface area contributed by atoms with Gasteiger partial charge in [0.2, 0.25) is 0 Å². The molecule has 11 rings (SSSR count). The number of benzene rings is 9. The van der Waals surface area contributed by atoms with Crippen molar-refractivity contribution in [1.82, 2.24) is 9.13 Å². The van der Waals surface area contributed by atoms with Crippen molar-refractivity contribution >= 4 is 65.0 Å². The average Bonchev–Trinajstić information content (AvgIpc) is 3.78. The highest BCUT2D eigenvalue weighted by Gasteiger charge is 2.21. The van der Waals surface area contributed by atoms with Gasteiger partial charge in [0.15, 0.2) is 0 Å². The van der Waals surface area contributed by atoms with Crippen molar-refractivity contribution in [2.75, 3.05) is 0 Å². The first-order valence-corrected chi connectivity index (χ1v) is 17.9. The van der Waals surface area contributed by atoms with Crippen LogP contribution in [0.1, 0.15) is 0 Å². The molecule has 0 aliphatic heterocycles. The summed E-state index contributed by atoms with van der Waals surface area (Å²) >= 11 is 0. The largest absolute Gasteiger partial charge is 0.309 e. The SMILES string of the molecule is c1ccc(-c2ccc3c4ccc(-n5c6ccccc6c6ccc7c(cc(-c8ccccc8)n7-c7ccccc7)c65)cc4c4ccccc4c3c2)cc1. The van der Waals surface area contributed by atoms with Crippen LogP contribution in [0.5, 0.6) is 0 Å². The molecule has 0 saturated carbocycles. The van der Waals surface area contributed by atoms with Gasteiger partial charge in [-0.1, -0.05) is 146 Å². The summed E-state index contributed by atoms with van der Waals surface area (Å²) in [6, 6.07) is 71.0. The van der Waals surface area contributed by atoms with E-state index in [0.29, 0.717) is 0 Å². The lowest BCUT2D eigenvalue weighted by atomic mass is 9.92. The predicted octanol–water partition coefficient (Wildman–Crippen LogP) is 13.5. The highest BCUT2D eigenvalue weighted by Crippen LogP contribution is 2.43. The van der Waals surface area contributed by atoms with E-state index in [2.05, 4.69) is 203 Å². The van der Waals surface area contributed by atoms with Gasteiger partial charge >= 0.3 is 0 Å². The maximum absolute atomic E-state index is 2.49. The van der Waals surface area contributed by atoms with Crippen LogP contribution in [0.3, 0.4) is 0 Å². The van der Waals surface area contributed by atoms with E-state index in [0.717, 1.165) is 11.4 Å². The van der Waals surface area contributed by atoms with Gasteiger partial charge < -0.3 is 9.13 Å². The lowest BCUT2D eigenvalue weighted by Crippen LogP contribution is -1.97. The summed E-state index contributed by atoms with van der Waals surface area (Å²) in [5.41, 5.74) is 10.8. The normalized spacial score (nSPS) is 11.8. The van der Waals surface area contributed by atoms with Crippen molar-refractivity contribution < 1.29 is 0 Å². The second kappa shape index (κ2) is 11.3. The average molecular weight is 661 g/mol. The number of para-hydroxylation sites is 2. The van der Waals surface area contributed by atoms with Crippen LogP contribution in [-0.2, 0) is 0 Å². The van der Waals surface area contributed by atoms with Gasteiger partial charge in [0.25, 0.3) is 0 Å². The Balaban J connectivity index is 1.23.